The molecule has 1 heterocycles. The van der Waals surface area contributed by atoms with E-state index in [9.17, 15) is 19.6 Å². The van der Waals surface area contributed by atoms with Crippen LogP contribution >= 0.6 is 6.72 Å². The van der Waals surface area contributed by atoms with Gasteiger partial charge in [0.25, 0.3) is 5.56 Å². The Morgan fingerprint density at radius 2 is 2.18 bits per heavy atom. The molecule has 0 aliphatic rings. The first-order valence-electron chi connectivity index (χ1n) is 6.43. The van der Waals surface area contributed by atoms with E-state index < -0.39 is 36.9 Å². The fraction of sp³-hybridized carbons (Fsp3) is 0.636. The van der Waals surface area contributed by atoms with Gasteiger partial charge in [0.1, 0.15) is 0 Å². The quantitative estimate of drug-likeness (QED) is 0.517. The SMILES string of the molecule is CCC(COP(O)(=S)OC)O[C@H](CO)n1ccc(=O)[nH]c1=O. The molecule has 0 amide bonds. The van der Waals surface area contributed by atoms with Crippen LogP contribution in [0.3, 0.4) is 0 Å². The molecule has 3 N–H and O–H groups in total. The van der Waals surface area contributed by atoms with Gasteiger partial charge in [0.15, 0.2) is 6.23 Å². The van der Waals surface area contributed by atoms with Crippen LogP contribution in [0.25, 0.3) is 0 Å². The number of hydrogen-bond acceptors (Lipinski definition) is 7. The molecule has 0 aliphatic heterocycles. The number of aliphatic hydroxyl groups is 1. The van der Waals surface area contributed by atoms with Crippen LogP contribution in [0, 0.1) is 0 Å². The Hall–Kier alpha value is -0.870. The van der Waals surface area contributed by atoms with Crippen molar-refractivity contribution in [1.82, 2.24) is 9.55 Å². The van der Waals surface area contributed by atoms with Gasteiger partial charge < -0.3 is 23.8 Å². The highest BCUT2D eigenvalue weighted by atomic mass is 32.5. The third kappa shape index (κ3) is 5.73. The van der Waals surface area contributed by atoms with Gasteiger partial charge >= 0.3 is 12.4 Å². The predicted octanol–water partition coefficient (Wildman–Crippen LogP) is -0.298. The standard InChI is InChI=1S/C11H19N2O7PS/c1-3-8(7-19-21(17,22)18-2)20-10(6-14)13-5-4-9(15)12-11(13)16/h4-5,8,10,14H,3,6-7H2,1-2H3,(H,17,22)(H,12,15,16)/t8?,10-,21?/m1/s1. The highest BCUT2D eigenvalue weighted by molar-refractivity contribution is 8.07. The lowest BCUT2D eigenvalue weighted by atomic mass is 10.3. The Kier molecular flexibility index (Phi) is 7.57. The van der Waals surface area contributed by atoms with Crippen LogP contribution in [0.2, 0.25) is 0 Å². The summed E-state index contributed by atoms with van der Waals surface area (Å²) >= 11 is 4.70. The summed E-state index contributed by atoms with van der Waals surface area (Å²) in [6.45, 7) is -2.06. The maximum absolute atomic E-state index is 11.7. The molecule has 0 spiro atoms. The molecule has 0 bridgehead atoms. The molecule has 11 heteroatoms. The number of nitrogens with one attached hydrogen (secondary N) is 1. The Balaban J connectivity index is 2.80. The summed E-state index contributed by atoms with van der Waals surface area (Å²) in [6, 6.07) is 1.14. The Morgan fingerprint density at radius 1 is 1.50 bits per heavy atom. The average Bonchev–Trinajstić information content (AvgIpc) is 2.48. The number of aromatic nitrogens is 2. The van der Waals surface area contributed by atoms with Crippen LogP contribution in [0.1, 0.15) is 19.6 Å². The molecular formula is C11H19N2O7PS. The zero-order chi connectivity index (χ0) is 16.8. The maximum atomic E-state index is 11.7. The van der Waals surface area contributed by atoms with Crippen LogP contribution in [0.5, 0.6) is 0 Å². The minimum absolute atomic E-state index is 0.0628. The Morgan fingerprint density at radius 3 is 2.68 bits per heavy atom. The van der Waals surface area contributed by atoms with Gasteiger partial charge in [-0.25, -0.2) is 4.79 Å². The van der Waals surface area contributed by atoms with Gasteiger partial charge in [0, 0.05) is 19.4 Å². The van der Waals surface area contributed by atoms with Crippen molar-refractivity contribution < 1.29 is 23.8 Å². The normalized spacial score (nSPS) is 16.9. The number of ether oxygens (including phenoxy) is 1. The third-order valence-corrected chi connectivity index (χ3v) is 4.48. The van der Waals surface area contributed by atoms with Crippen molar-refractivity contribution in [2.45, 2.75) is 25.7 Å². The maximum Gasteiger partial charge on any atom is 0.330 e. The van der Waals surface area contributed by atoms with Crippen LogP contribution < -0.4 is 11.2 Å². The van der Waals surface area contributed by atoms with Crippen molar-refractivity contribution in [3.05, 3.63) is 33.1 Å². The van der Waals surface area contributed by atoms with Gasteiger partial charge in [0.05, 0.1) is 19.3 Å². The molecule has 3 atom stereocenters. The molecule has 0 aliphatic carbocycles. The van der Waals surface area contributed by atoms with E-state index >= 15 is 0 Å². The monoisotopic (exact) mass is 354 g/mol. The molecule has 126 valence electrons. The minimum atomic E-state index is -3.31. The van der Waals surface area contributed by atoms with E-state index in [-0.39, 0.29) is 6.61 Å². The van der Waals surface area contributed by atoms with Crippen molar-refractivity contribution in [3.63, 3.8) is 0 Å². The minimum Gasteiger partial charge on any atom is -0.392 e. The number of rotatable bonds is 9. The highest BCUT2D eigenvalue weighted by Gasteiger charge is 2.21. The predicted molar refractivity (Wildman–Crippen MR) is 82.1 cm³/mol. The largest absolute Gasteiger partial charge is 0.392 e. The molecule has 0 radical (unpaired) electrons. The molecule has 0 aromatic carbocycles. The lowest BCUT2D eigenvalue weighted by Gasteiger charge is -2.25. The molecular weight excluding hydrogens is 335 g/mol. The summed E-state index contributed by atoms with van der Waals surface area (Å²) in [6.07, 6.45) is 0.159. The number of aliphatic hydroxyl groups excluding tert-OH is 1. The first-order chi connectivity index (χ1) is 10.3. The van der Waals surface area contributed by atoms with Crippen LogP contribution in [-0.4, -0.2) is 46.0 Å². The van der Waals surface area contributed by atoms with Gasteiger partial charge in [-0.2, -0.15) is 0 Å². The molecule has 9 nitrogen and oxygen atoms in total. The van der Waals surface area contributed by atoms with E-state index in [0.717, 1.165) is 10.6 Å². The van der Waals surface area contributed by atoms with Gasteiger partial charge in [-0.1, -0.05) is 6.92 Å². The summed E-state index contributed by atoms with van der Waals surface area (Å²) < 4.78 is 16.3. The summed E-state index contributed by atoms with van der Waals surface area (Å²) in [4.78, 5) is 34.3. The van der Waals surface area contributed by atoms with Crippen molar-refractivity contribution >= 4 is 18.5 Å². The van der Waals surface area contributed by atoms with Gasteiger partial charge in [0.2, 0.25) is 0 Å². The molecule has 0 saturated heterocycles. The molecule has 0 saturated carbocycles. The number of aromatic amines is 1. The van der Waals surface area contributed by atoms with Gasteiger partial charge in [-0.15, -0.1) is 0 Å². The summed E-state index contributed by atoms with van der Waals surface area (Å²) in [5.41, 5.74) is -1.25. The number of nitrogens with zero attached hydrogens (tertiary/aromatic N) is 1. The van der Waals surface area contributed by atoms with Crippen molar-refractivity contribution in [3.8, 4) is 0 Å². The molecule has 2 unspecified atom stereocenters. The van der Waals surface area contributed by atoms with E-state index in [4.69, 9.17) is 21.1 Å². The zero-order valence-electron chi connectivity index (χ0n) is 12.2. The average molecular weight is 354 g/mol. The van der Waals surface area contributed by atoms with Crippen LogP contribution in [0.4, 0.5) is 0 Å². The molecule has 1 aromatic rings. The zero-order valence-corrected chi connectivity index (χ0v) is 13.9. The second-order valence-electron chi connectivity index (χ2n) is 4.27. The van der Waals surface area contributed by atoms with Crippen LogP contribution in [-0.2, 0) is 25.6 Å². The summed E-state index contributed by atoms with van der Waals surface area (Å²) in [5.74, 6) is 0. The van der Waals surface area contributed by atoms with E-state index in [1.165, 1.54) is 13.3 Å². The van der Waals surface area contributed by atoms with Gasteiger partial charge in [-0.3, -0.25) is 14.3 Å². The lowest BCUT2D eigenvalue weighted by molar-refractivity contribution is -0.0970. The van der Waals surface area contributed by atoms with E-state index in [2.05, 4.69) is 9.51 Å². The van der Waals surface area contributed by atoms with Crippen LogP contribution in [0.15, 0.2) is 21.9 Å². The Labute approximate surface area is 131 Å². The summed E-state index contributed by atoms with van der Waals surface area (Å²) in [5, 5.41) is 9.39. The third-order valence-electron chi connectivity index (χ3n) is 2.78. The lowest BCUT2D eigenvalue weighted by Crippen LogP contribution is -2.36. The second kappa shape index (κ2) is 8.68. The van der Waals surface area contributed by atoms with Crippen molar-refractivity contribution in [1.29, 1.82) is 0 Å². The number of H-pyrrole nitrogens is 1. The fourth-order valence-corrected chi connectivity index (χ4v) is 2.20. The van der Waals surface area contributed by atoms with E-state index in [1.54, 1.807) is 6.92 Å². The summed E-state index contributed by atoms with van der Waals surface area (Å²) in [7, 11) is 1.24. The fourth-order valence-electron chi connectivity index (χ4n) is 1.56. The first-order valence-corrected chi connectivity index (χ1v) is 9.03. The highest BCUT2D eigenvalue weighted by Crippen LogP contribution is 2.42. The molecule has 0 fully saturated rings. The smallest absolute Gasteiger partial charge is 0.330 e. The van der Waals surface area contributed by atoms with Crippen molar-refractivity contribution in [2.24, 2.45) is 0 Å². The number of hydrogen-bond donors (Lipinski definition) is 3. The second-order valence-corrected chi connectivity index (χ2v) is 7.21. The molecule has 1 aromatic heterocycles. The van der Waals surface area contributed by atoms with Gasteiger partial charge in [-0.05, 0) is 18.2 Å². The van der Waals surface area contributed by atoms with Crippen molar-refractivity contribution in [2.75, 3.05) is 20.3 Å². The van der Waals surface area contributed by atoms with E-state index in [0.29, 0.717) is 6.42 Å². The topological polar surface area (TPSA) is 123 Å². The first kappa shape index (κ1) is 19.2. The van der Waals surface area contributed by atoms with E-state index in [1.807, 2.05) is 0 Å². The molecule has 1 rings (SSSR count). The Bertz CT molecular complexity index is 631. The molecule has 22 heavy (non-hydrogen) atoms.